The molecule has 2 aromatic rings. The fourth-order valence-electron chi connectivity index (χ4n) is 1.37. The van der Waals surface area contributed by atoms with Crippen LogP contribution >= 0.6 is 23.2 Å². The van der Waals surface area contributed by atoms with Crippen LogP contribution in [0.2, 0.25) is 10.2 Å². The van der Waals surface area contributed by atoms with Gasteiger partial charge in [-0.1, -0.05) is 23.2 Å². The van der Waals surface area contributed by atoms with E-state index in [1.165, 1.54) is 19.2 Å². The molecule has 1 aromatic heterocycles. The molecule has 98 valence electrons. The lowest BCUT2D eigenvalue weighted by atomic mass is 10.3. The fourth-order valence-corrected chi connectivity index (χ4v) is 1.67. The van der Waals surface area contributed by atoms with Crippen molar-refractivity contribution in [2.75, 3.05) is 12.4 Å². The predicted octanol–water partition coefficient (Wildman–Crippen LogP) is 3.04. The van der Waals surface area contributed by atoms with Gasteiger partial charge >= 0.3 is 0 Å². The number of hydrogen-bond acceptors (Lipinski definition) is 4. The number of hydrogen-bond donors (Lipinski definition) is 1. The minimum atomic E-state index is -0.395. The lowest BCUT2D eigenvalue weighted by Crippen LogP contribution is -2.14. The third-order valence-corrected chi connectivity index (χ3v) is 2.79. The molecule has 0 aliphatic rings. The summed E-state index contributed by atoms with van der Waals surface area (Å²) in [4.78, 5) is 11.9. The molecule has 0 atom stereocenters. The first kappa shape index (κ1) is 13.6. The van der Waals surface area contributed by atoms with Gasteiger partial charge in [-0.05, 0) is 24.3 Å². The van der Waals surface area contributed by atoms with Gasteiger partial charge < -0.3 is 10.1 Å². The molecule has 1 N–H and O–H groups in total. The molecule has 1 aromatic carbocycles. The summed E-state index contributed by atoms with van der Waals surface area (Å²) in [6, 6.07) is 7.88. The van der Waals surface area contributed by atoms with Crippen molar-refractivity contribution in [2.24, 2.45) is 0 Å². The van der Waals surface area contributed by atoms with Crippen molar-refractivity contribution in [1.29, 1.82) is 0 Å². The first-order valence-electron chi connectivity index (χ1n) is 5.24. The van der Waals surface area contributed by atoms with Crippen molar-refractivity contribution in [2.45, 2.75) is 0 Å². The van der Waals surface area contributed by atoms with Crippen LogP contribution in [-0.2, 0) is 0 Å². The molecule has 0 fully saturated rings. The van der Waals surface area contributed by atoms with Gasteiger partial charge in [0.25, 0.3) is 5.91 Å². The van der Waals surface area contributed by atoms with Crippen LogP contribution in [0.3, 0.4) is 0 Å². The largest absolute Gasteiger partial charge is 0.495 e. The van der Waals surface area contributed by atoms with Crippen molar-refractivity contribution < 1.29 is 9.53 Å². The molecule has 0 saturated heterocycles. The van der Waals surface area contributed by atoms with E-state index in [0.29, 0.717) is 16.5 Å². The summed E-state index contributed by atoms with van der Waals surface area (Å²) < 4.78 is 5.06. The second kappa shape index (κ2) is 5.86. The number of aromatic nitrogens is 2. The highest BCUT2D eigenvalue weighted by Gasteiger charge is 2.10. The number of nitrogens with zero attached hydrogens (tertiary/aromatic N) is 2. The molecule has 7 heteroatoms. The number of carbonyl (C=O) groups is 1. The maximum absolute atomic E-state index is 11.9. The summed E-state index contributed by atoms with van der Waals surface area (Å²) in [5.41, 5.74) is 0.710. The van der Waals surface area contributed by atoms with Gasteiger partial charge in [0.2, 0.25) is 0 Å². The Morgan fingerprint density at radius 3 is 2.63 bits per heavy atom. The molecule has 0 aliphatic carbocycles. The van der Waals surface area contributed by atoms with Gasteiger partial charge in [-0.25, -0.2) is 0 Å². The van der Waals surface area contributed by atoms with Crippen LogP contribution in [0.25, 0.3) is 0 Å². The van der Waals surface area contributed by atoms with E-state index < -0.39 is 5.91 Å². The molecule has 0 radical (unpaired) electrons. The van der Waals surface area contributed by atoms with Crippen molar-refractivity contribution >= 4 is 34.8 Å². The number of ether oxygens (including phenoxy) is 1. The highest BCUT2D eigenvalue weighted by atomic mass is 35.5. The van der Waals surface area contributed by atoms with E-state index in [0.717, 1.165) is 0 Å². The van der Waals surface area contributed by atoms with Crippen LogP contribution < -0.4 is 10.1 Å². The van der Waals surface area contributed by atoms with E-state index in [2.05, 4.69) is 15.5 Å². The van der Waals surface area contributed by atoms with E-state index >= 15 is 0 Å². The molecule has 0 bridgehead atoms. The molecule has 19 heavy (non-hydrogen) atoms. The summed E-state index contributed by atoms with van der Waals surface area (Å²) in [5.74, 6) is 0.0789. The summed E-state index contributed by atoms with van der Waals surface area (Å²) in [6.07, 6.45) is 0. The average molecular weight is 298 g/mol. The summed E-state index contributed by atoms with van der Waals surface area (Å²) >= 11 is 11.5. The quantitative estimate of drug-likeness (QED) is 0.946. The molecular weight excluding hydrogens is 289 g/mol. The number of halogens is 2. The highest BCUT2D eigenvalue weighted by Crippen LogP contribution is 2.27. The van der Waals surface area contributed by atoms with Crippen LogP contribution in [-0.4, -0.2) is 23.2 Å². The Morgan fingerprint density at radius 2 is 2.00 bits per heavy atom. The normalized spacial score (nSPS) is 10.1. The molecule has 5 nitrogen and oxygen atoms in total. The molecule has 0 unspecified atom stereocenters. The zero-order valence-corrected chi connectivity index (χ0v) is 11.4. The summed E-state index contributed by atoms with van der Waals surface area (Å²) in [6.45, 7) is 0. The third-order valence-electron chi connectivity index (χ3n) is 2.27. The summed E-state index contributed by atoms with van der Waals surface area (Å²) in [7, 11) is 1.50. The standard InChI is InChI=1S/C12H9Cl2N3O2/c1-19-10-6-7(2-3-8(10)13)15-12(18)9-4-5-11(14)17-16-9/h2-6H,1H3,(H,15,18). The lowest BCUT2D eigenvalue weighted by Gasteiger charge is -2.07. The lowest BCUT2D eigenvalue weighted by molar-refractivity contribution is 0.102. The number of benzene rings is 1. The van der Waals surface area contributed by atoms with E-state index in [9.17, 15) is 4.79 Å². The first-order valence-corrected chi connectivity index (χ1v) is 6.00. The number of carbonyl (C=O) groups excluding carboxylic acids is 1. The highest BCUT2D eigenvalue weighted by molar-refractivity contribution is 6.32. The molecule has 0 saturated carbocycles. The second-order valence-electron chi connectivity index (χ2n) is 3.54. The fraction of sp³-hybridized carbons (Fsp3) is 0.0833. The Bertz CT molecular complexity index is 602. The Balaban J connectivity index is 2.17. The zero-order valence-electron chi connectivity index (χ0n) is 9.85. The molecule has 1 amide bonds. The average Bonchev–Trinajstić information content (AvgIpc) is 2.41. The maximum atomic E-state index is 11.9. The topological polar surface area (TPSA) is 64.1 Å². The Kier molecular flexibility index (Phi) is 4.19. The minimum Gasteiger partial charge on any atom is -0.495 e. The van der Waals surface area contributed by atoms with Crippen LogP contribution in [0, 0.1) is 0 Å². The number of rotatable bonds is 3. The van der Waals surface area contributed by atoms with Gasteiger partial charge in [-0.15, -0.1) is 10.2 Å². The number of methoxy groups -OCH3 is 1. The smallest absolute Gasteiger partial charge is 0.276 e. The number of amides is 1. The van der Waals surface area contributed by atoms with Crippen molar-refractivity contribution in [3.8, 4) is 5.75 Å². The predicted molar refractivity (Wildman–Crippen MR) is 73.0 cm³/mol. The molecule has 0 aliphatic heterocycles. The Hall–Kier alpha value is -1.85. The SMILES string of the molecule is COc1cc(NC(=O)c2ccc(Cl)nn2)ccc1Cl. The van der Waals surface area contributed by atoms with Gasteiger partial charge in [0.05, 0.1) is 12.1 Å². The Labute approximate surface area is 119 Å². The first-order chi connectivity index (χ1) is 9.10. The van der Waals surface area contributed by atoms with E-state index in [1.54, 1.807) is 18.2 Å². The molecule has 1 heterocycles. The molecule has 0 spiro atoms. The number of nitrogens with one attached hydrogen (secondary N) is 1. The van der Waals surface area contributed by atoms with Gasteiger partial charge in [-0.2, -0.15) is 0 Å². The van der Waals surface area contributed by atoms with Crippen molar-refractivity contribution in [3.63, 3.8) is 0 Å². The van der Waals surface area contributed by atoms with E-state index in [1.807, 2.05) is 0 Å². The molecule has 2 rings (SSSR count). The van der Waals surface area contributed by atoms with Crippen molar-refractivity contribution in [1.82, 2.24) is 10.2 Å². The van der Waals surface area contributed by atoms with Gasteiger partial charge in [0.1, 0.15) is 5.75 Å². The van der Waals surface area contributed by atoms with E-state index in [-0.39, 0.29) is 10.8 Å². The zero-order chi connectivity index (χ0) is 13.8. The van der Waals surface area contributed by atoms with Gasteiger partial charge in [0.15, 0.2) is 10.8 Å². The van der Waals surface area contributed by atoms with Crippen LogP contribution in [0.15, 0.2) is 30.3 Å². The van der Waals surface area contributed by atoms with Gasteiger partial charge in [0, 0.05) is 11.8 Å². The van der Waals surface area contributed by atoms with Crippen LogP contribution in [0.5, 0.6) is 5.75 Å². The Morgan fingerprint density at radius 1 is 1.21 bits per heavy atom. The summed E-state index contributed by atoms with van der Waals surface area (Å²) in [5, 5.41) is 10.6. The maximum Gasteiger partial charge on any atom is 0.276 e. The monoisotopic (exact) mass is 297 g/mol. The van der Waals surface area contributed by atoms with Crippen LogP contribution in [0.1, 0.15) is 10.5 Å². The van der Waals surface area contributed by atoms with Crippen LogP contribution in [0.4, 0.5) is 5.69 Å². The minimum absolute atomic E-state index is 0.165. The third kappa shape index (κ3) is 3.33. The van der Waals surface area contributed by atoms with Gasteiger partial charge in [-0.3, -0.25) is 4.79 Å². The van der Waals surface area contributed by atoms with Crippen molar-refractivity contribution in [3.05, 3.63) is 46.2 Å². The molecular formula is C12H9Cl2N3O2. The van der Waals surface area contributed by atoms with E-state index in [4.69, 9.17) is 27.9 Å². The second-order valence-corrected chi connectivity index (χ2v) is 4.34. The number of anilines is 1.